The Labute approximate surface area is 87.5 Å². The first-order chi connectivity index (χ1) is 7.37. The lowest BCUT2D eigenvalue weighted by Gasteiger charge is -2.11. The molecule has 1 aromatic carbocycles. The van der Waals surface area contributed by atoms with E-state index in [9.17, 15) is 18.1 Å². The normalized spacial score (nSPS) is 10.9. The van der Waals surface area contributed by atoms with Gasteiger partial charge in [0.1, 0.15) is 0 Å². The van der Waals surface area contributed by atoms with Gasteiger partial charge in [-0.25, -0.2) is 0 Å². The van der Waals surface area contributed by atoms with Crippen LogP contribution in [0.3, 0.4) is 0 Å². The van der Waals surface area contributed by atoms with Gasteiger partial charge in [-0.15, -0.1) is 18.1 Å². The van der Waals surface area contributed by atoms with Gasteiger partial charge in [-0.2, -0.15) is 0 Å². The third kappa shape index (κ3) is 2.69. The standard InChI is InChI=1S/C8H6F3N3O2/c9-8(10,11)16-7-2-5(13)4(3-12)1-6(7)14-15/h1-3,12H,13H2. The predicted octanol–water partition coefficient (Wildman–Crippen LogP) is 2.56. The summed E-state index contributed by atoms with van der Waals surface area (Å²) in [6.07, 6.45) is -4.14. The quantitative estimate of drug-likeness (QED) is 0.477. The number of anilines is 1. The lowest BCUT2D eigenvalue weighted by Crippen LogP contribution is -2.17. The van der Waals surface area contributed by atoms with Crippen LogP contribution in [0, 0.1) is 10.3 Å². The lowest BCUT2D eigenvalue weighted by atomic mass is 10.1. The molecule has 0 heterocycles. The minimum Gasteiger partial charge on any atom is -0.403 e. The maximum absolute atomic E-state index is 11.9. The van der Waals surface area contributed by atoms with Gasteiger partial charge in [-0.3, -0.25) is 0 Å². The molecular formula is C8H6F3N3O2. The summed E-state index contributed by atoms with van der Waals surface area (Å²) in [6, 6.07) is 1.74. The molecule has 0 unspecified atom stereocenters. The van der Waals surface area contributed by atoms with E-state index < -0.39 is 17.8 Å². The number of hydrogen-bond donors (Lipinski definition) is 2. The Bertz CT molecular complexity index is 431. The van der Waals surface area contributed by atoms with E-state index in [0.717, 1.165) is 18.3 Å². The summed E-state index contributed by atoms with van der Waals surface area (Å²) in [4.78, 5) is 10.3. The van der Waals surface area contributed by atoms with Gasteiger partial charge >= 0.3 is 6.36 Å². The maximum atomic E-state index is 11.9. The first-order valence-electron chi connectivity index (χ1n) is 3.90. The molecule has 0 saturated heterocycles. The number of halogens is 3. The van der Waals surface area contributed by atoms with Gasteiger partial charge in [0.05, 0.1) is 0 Å². The summed E-state index contributed by atoms with van der Waals surface area (Å²) in [7, 11) is 0. The highest BCUT2D eigenvalue weighted by Gasteiger charge is 2.32. The number of ether oxygens (including phenoxy) is 1. The van der Waals surface area contributed by atoms with Crippen LogP contribution in [-0.4, -0.2) is 12.6 Å². The van der Waals surface area contributed by atoms with Crippen LogP contribution < -0.4 is 10.5 Å². The third-order valence-corrected chi connectivity index (χ3v) is 1.64. The second-order valence-corrected chi connectivity index (χ2v) is 2.73. The number of alkyl halides is 3. The average Bonchev–Trinajstić information content (AvgIpc) is 2.16. The number of nitrogen functional groups attached to an aromatic ring is 1. The van der Waals surface area contributed by atoms with E-state index in [0.29, 0.717) is 0 Å². The van der Waals surface area contributed by atoms with Crippen molar-refractivity contribution in [1.29, 1.82) is 5.41 Å². The van der Waals surface area contributed by atoms with Crippen molar-refractivity contribution < 1.29 is 17.9 Å². The third-order valence-electron chi connectivity index (χ3n) is 1.64. The fourth-order valence-corrected chi connectivity index (χ4v) is 1.00. The summed E-state index contributed by atoms with van der Waals surface area (Å²) >= 11 is 0. The summed E-state index contributed by atoms with van der Waals surface area (Å²) in [5, 5.41) is 9.27. The fraction of sp³-hybridized carbons (Fsp3) is 0.125. The molecule has 16 heavy (non-hydrogen) atoms. The number of benzene rings is 1. The highest BCUT2D eigenvalue weighted by molar-refractivity contribution is 5.87. The zero-order valence-corrected chi connectivity index (χ0v) is 7.71. The molecule has 0 aromatic heterocycles. The SMILES string of the molecule is N=Cc1cc(N=O)c(OC(F)(F)F)cc1N. The number of nitroso groups, excluding NO2 is 1. The molecule has 0 spiro atoms. The largest absolute Gasteiger partial charge is 0.573 e. The van der Waals surface area contributed by atoms with Crippen LogP contribution >= 0.6 is 0 Å². The Morgan fingerprint density at radius 2 is 2.06 bits per heavy atom. The molecule has 5 nitrogen and oxygen atoms in total. The van der Waals surface area contributed by atoms with Crippen molar-refractivity contribution in [1.82, 2.24) is 0 Å². The number of hydrogen-bond acceptors (Lipinski definition) is 5. The van der Waals surface area contributed by atoms with Crippen LogP contribution in [0.25, 0.3) is 0 Å². The molecule has 1 aromatic rings. The van der Waals surface area contributed by atoms with Gasteiger partial charge < -0.3 is 15.9 Å². The molecule has 86 valence electrons. The zero-order valence-electron chi connectivity index (χ0n) is 7.71. The topological polar surface area (TPSA) is 88.5 Å². The van der Waals surface area contributed by atoms with E-state index in [-0.39, 0.29) is 11.3 Å². The Balaban J connectivity index is 3.23. The number of nitrogens with one attached hydrogen (secondary N) is 1. The summed E-state index contributed by atoms with van der Waals surface area (Å²) in [5.41, 5.74) is 4.74. The van der Waals surface area contributed by atoms with Crippen LogP contribution in [0.5, 0.6) is 5.75 Å². The summed E-state index contributed by atoms with van der Waals surface area (Å²) in [6.45, 7) is 0. The minimum atomic E-state index is -4.93. The Kier molecular flexibility index (Phi) is 3.11. The molecule has 0 aliphatic rings. The molecule has 0 atom stereocenters. The molecule has 0 radical (unpaired) electrons. The predicted molar refractivity (Wildman–Crippen MR) is 50.9 cm³/mol. The molecule has 0 fully saturated rings. The monoisotopic (exact) mass is 233 g/mol. The minimum absolute atomic E-state index is 0.0872. The van der Waals surface area contributed by atoms with Crippen molar-refractivity contribution in [2.24, 2.45) is 5.18 Å². The smallest absolute Gasteiger partial charge is 0.403 e. The van der Waals surface area contributed by atoms with Crippen molar-refractivity contribution in [2.75, 3.05) is 5.73 Å². The molecule has 0 amide bonds. The van der Waals surface area contributed by atoms with E-state index in [4.69, 9.17) is 11.1 Å². The highest BCUT2D eigenvalue weighted by Crippen LogP contribution is 2.35. The first kappa shape index (κ1) is 12.0. The Hall–Kier alpha value is -2.12. The van der Waals surface area contributed by atoms with E-state index in [1.807, 2.05) is 0 Å². The van der Waals surface area contributed by atoms with Crippen LogP contribution in [0.15, 0.2) is 17.3 Å². The van der Waals surface area contributed by atoms with E-state index >= 15 is 0 Å². The molecule has 0 aliphatic carbocycles. The number of nitrogens with two attached hydrogens (primary N) is 1. The lowest BCUT2D eigenvalue weighted by molar-refractivity contribution is -0.274. The zero-order chi connectivity index (χ0) is 12.3. The molecule has 8 heteroatoms. The van der Waals surface area contributed by atoms with Crippen LogP contribution in [0.1, 0.15) is 5.56 Å². The molecule has 0 saturated carbocycles. The van der Waals surface area contributed by atoms with Crippen molar-refractivity contribution >= 4 is 17.6 Å². The van der Waals surface area contributed by atoms with E-state index in [2.05, 4.69) is 9.91 Å². The van der Waals surface area contributed by atoms with Crippen molar-refractivity contribution in [3.05, 3.63) is 22.6 Å². The van der Waals surface area contributed by atoms with Crippen LogP contribution in [0.4, 0.5) is 24.5 Å². The van der Waals surface area contributed by atoms with Gasteiger partial charge in [0, 0.05) is 23.5 Å². The summed E-state index contributed by atoms with van der Waals surface area (Å²) < 4.78 is 39.3. The fourth-order valence-electron chi connectivity index (χ4n) is 1.00. The molecule has 0 aliphatic heterocycles. The maximum Gasteiger partial charge on any atom is 0.573 e. The summed E-state index contributed by atoms with van der Waals surface area (Å²) in [5.74, 6) is -0.786. The van der Waals surface area contributed by atoms with E-state index in [1.54, 1.807) is 0 Å². The Morgan fingerprint density at radius 3 is 2.50 bits per heavy atom. The highest BCUT2D eigenvalue weighted by atomic mass is 19.4. The van der Waals surface area contributed by atoms with Crippen molar-refractivity contribution in [3.63, 3.8) is 0 Å². The molecule has 1 rings (SSSR count). The number of nitrogens with zero attached hydrogens (tertiary/aromatic N) is 1. The second-order valence-electron chi connectivity index (χ2n) is 2.73. The van der Waals surface area contributed by atoms with Crippen molar-refractivity contribution in [3.8, 4) is 5.75 Å². The van der Waals surface area contributed by atoms with Crippen molar-refractivity contribution in [2.45, 2.75) is 6.36 Å². The van der Waals surface area contributed by atoms with Gasteiger partial charge in [0.15, 0.2) is 11.4 Å². The molecular weight excluding hydrogens is 227 g/mol. The number of rotatable bonds is 3. The van der Waals surface area contributed by atoms with Gasteiger partial charge in [0.2, 0.25) is 0 Å². The van der Waals surface area contributed by atoms with Crippen LogP contribution in [0.2, 0.25) is 0 Å². The molecule has 3 N–H and O–H groups in total. The van der Waals surface area contributed by atoms with E-state index in [1.165, 1.54) is 0 Å². The first-order valence-corrected chi connectivity index (χ1v) is 3.90. The van der Waals surface area contributed by atoms with Gasteiger partial charge in [-0.05, 0) is 11.2 Å². The molecule has 0 bridgehead atoms. The van der Waals surface area contributed by atoms with Gasteiger partial charge in [0.25, 0.3) is 0 Å². The van der Waals surface area contributed by atoms with Gasteiger partial charge in [-0.1, -0.05) is 0 Å². The second kappa shape index (κ2) is 4.17. The van der Waals surface area contributed by atoms with Crippen LogP contribution in [-0.2, 0) is 0 Å². The average molecular weight is 233 g/mol. The Morgan fingerprint density at radius 1 is 1.44 bits per heavy atom.